The molecule has 1 saturated heterocycles. The van der Waals surface area contributed by atoms with Crippen LogP contribution >= 0.6 is 0 Å². The zero-order chi connectivity index (χ0) is 23.8. The molecule has 0 spiro atoms. The molecular formula is C26H37N3O3S. The first-order valence-corrected chi connectivity index (χ1v) is 13.7. The van der Waals surface area contributed by atoms with Crippen LogP contribution < -0.4 is 9.62 Å². The van der Waals surface area contributed by atoms with Crippen molar-refractivity contribution in [1.82, 2.24) is 10.2 Å². The fourth-order valence-electron chi connectivity index (χ4n) is 4.26. The number of nitrogens with one attached hydrogen (secondary N) is 1. The molecule has 2 aromatic carbocycles. The number of rotatable bonds is 10. The van der Waals surface area contributed by atoms with Gasteiger partial charge in [0.05, 0.1) is 11.9 Å². The lowest BCUT2D eigenvalue weighted by Crippen LogP contribution is -2.32. The summed E-state index contributed by atoms with van der Waals surface area (Å²) in [5, 5.41) is 2.96. The third-order valence-electron chi connectivity index (χ3n) is 6.17. The standard InChI is InChI=1S/C26H37N3O3S/c1-21-9-10-22(2)25(18-21)29(33(3,31)32)17-7-8-26(30)27-19-23-11-13-24(14-12-23)20-28-15-5-4-6-16-28/h9-14,18H,4-8,15-17,19-20H2,1-3H3,(H,27,30). The van der Waals surface area contributed by atoms with E-state index in [1.54, 1.807) is 0 Å². The van der Waals surface area contributed by atoms with Crippen molar-refractivity contribution in [3.63, 3.8) is 0 Å². The van der Waals surface area contributed by atoms with Crippen LogP contribution in [0, 0.1) is 13.8 Å². The van der Waals surface area contributed by atoms with Crippen LogP contribution in [0.25, 0.3) is 0 Å². The number of hydrogen-bond donors (Lipinski definition) is 1. The Balaban J connectivity index is 1.46. The first-order valence-electron chi connectivity index (χ1n) is 11.8. The highest BCUT2D eigenvalue weighted by Crippen LogP contribution is 2.24. The number of sulfonamides is 1. The van der Waals surface area contributed by atoms with Crippen molar-refractivity contribution < 1.29 is 13.2 Å². The van der Waals surface area contributed by atoms with Gasteiger partial charge in [-0.05, 0) is 74.5 Å². The molecule has 1 aliphatic rings. The van der Waals surface area contributed by atoms with E-state index >= 15 is 0 Å². The van der Waals surface area contributed by atoms with Crippen LogP contribution in [0.3, 0.4) is 0 Å². The number of aryl methyl sites for hydroxylation is 2. The van der Waals surface area contributed by atoms with Gasteiger partial charge in [0.2, 0.25) is 15.9 Å². The van der Waals surface area contributed by atoms with Gasteiger partial charge in [-0.1, -0.05) is 42.8 Å². The van der Waals surface area contributed by atoms with Gasteiger partial charge in [-0.15, -0.1) is 0 Å². The molecule has 2 aromatic rings. The van der Waals surface area contributed by atoms with Crippen LogP contribution in [0.5, 0.6) is 0 Å². The number of anilines is 1. The van der Waals surface area contributed by atoms with Crippen LogP contribution in [0.1, 0.15) is 54.4 Å². The lowest BCUT2D eigenvalue weighted by molar-refractivity contribution is -0.121. The van der Waals surface area contributed by atoms with E-state index in [-0.39, 0.29) is 18.9 Å². The summed E-state index contributed by atoms with van der Waals surface area (Å²) in [6.45, 7) is 7.95. The summed E-state index contributed by atoms with van der Waals surface area (Å²) in [6.07, 6.45) is 5.87. The van der Waals surface area contributed by atoms with Crippen molar-refractivity contribution in [3.05, 3.63) is 64.7 Å². The van der Waals surface area contributed by atoms with Crippen LogP contribution in [-0.4, -0.2) is 45.1 Å². The minimum Gasteiger partial charge on any atom is -0.352 e. The highest BCUT2D eigenvalue weighted by molar-refractivity contribution is 7.92. The molecule has 1 amide bonds. The van der Waals surface area contributed by atoms with Crippen molar-refractivity contribution in [1.29, 1.82) is 0 Å². The second kappa shape index (κ2) is 11.7. The second-order valence-corrected chi connectivity index (χ2v) is 11.1. The molecule has 180 valence electrons. The Labute approximate surface area is 199 Å². The Kier molecular flexibility index (Phi) is 8.92. The summed E-state index contributed by atoms with van der Waals surface area (Å²) in [7, 11) is -3.43. The predicted octanol–water partition coefficient (Wildman–Crippen LogP) is 4.15. The van der Waals surface area contributed by atoms with Crippen LogP contribution in [0.4, 0.5) is 5.69 Å². The maximum atomic E-state index is 12.4. The van der Waals surface area contributed by atoms with E-state index in [1.165, 1.54) is 48.5 Å². The van der Waals surface area contributed by atoms with Crippen molar-refractivity contribution in [2.24, 2.45) is 0 Å². The summed E-state index contributed by atoms with van der Waals surface area (Å²) in [5.41, 5.74) is 4.96. The SMILES string of the molecule is Cc1ccc(C)c(N(CCCC(=O)NCc2ccc(CN3CCCCC3)cc2)S(C)(=O)=O)c1. The van der Waals surface area contributed by atoms with Crippen LogP contribution in [0.2, 0.25) is 0 Å². The quantitative estimate of drug-likeness (QED) is 0.565. The molecule has 0 atom stereocenters. The van der Waals surface area contributed by atoms with Crippen LogP contribution in [0.15, 0.2) is 42.5 Å². The number of nitrogens with zero attached hydrogens (tertiary/aromatic N) is 2. The molecule has 7 heteroatoms. The van der Waals surface area contributed by atoms with E-state index in [0.717, 1.165) is 23.2 Å². The van der Waals surface area contributed by atoms with Gasteiger partial charge in [0.1, 0.15) is 0 Å². The topological polar surface area (TPSA) is 69.7 Å². The number of likely N-dealkylation sites (tertiary alicyclic amines) is 1. The normalized spacial score (nSPS) is 14.8. The van der Waals surface area contributed by atoms with Gasteiger partial charge in [0, 0.05) is 26.1 Å². The molecule has 0 aliphatic carbocycles. The fourth-order valence-corrected chi connectivity index (χ4v) is 5.28. The Hall–Kier alpha value is -2.38. The fraction of sp³-hybridized carbons (Fsp3) is 0.500. The smallest absolute Gasteiger partial charge is 0.232 e. The van der Waals surface area contributed by atoms with E-state index < -0.39 is 10.0 Å². The lowest BCUT2D eigenvalue weighted by Gasteiger charge is -2.26. The average Bonchev–Trinajstić information content (AvgIpc) is 2.78. The Bertz CT molecular complexity index is 1030. The monoisotopic (exact) mass is 471 g/mol. The number of benzene rings is 2. The lowest BCUT2D eigenvalue weighted by atomic mass is 10.1. The Morgan fingerprint density at radius 3 is 2.33 bits per heavy atom. The summed E-state index contributed by atoms with van der Waals surface area (Å²) in [4.78, 5) is 14.8. The highest BCUT2D eigenvalue weighted by atomic mass is 32.2. The molecular weight excluding hydrogens is 434 g/mol. The summed E-state index contributed by atoms with van der Waals surface area (Å²) in [6, 6.07) is 14.2. The zero-order valence-electron chi connectivity index (χ0n) is 20.1. The van der Waals surface area contributed by atoms with Gasteiger partial charge in [-0.3, -0.25) is 14.0 Å². The Morgan fingerprint density at radius 1 is 1.00 bits per heavy atom. The minimum atomic E-state index is -3.43. The molecule has 1 aliphatic heterocycles. The first-order chi connectivity index (χ1) is 15.7. The second-order valence-electron chi connectivity index (χ2n) is 9.16. The highest BCUT2D eigenvalue weighted by Gasteiger charge is 2.19. The molecule has 1 N–H and O–H groups in total. The maximum absolute atomic E-state index is 12.4. The molecule has 0 aromatic heterocycles. The van der Waals surface area contributed by atoms with Gasteiger partial charge in [-0.25, -0.2) is 8.42 Å². The predicted molar refractivity (Wildman–Crippen MR) is 135 cm³/mol. The number of piperidine rings is 1. The maximum Gasteiger partial charge on any atom is 0.232 e. The summed E-state index contributed by atoms with van der Waals surface area (Å²) in [5.74, 6) is -0.0678. The third-order valence-corrected chi connectivity index (χ3v) is 7.35. The molecule has 3 rings (SSSR count). The molecule has 1 heterocycles. The molecule has 6 nitrogen and oxygen atoms in total. The van der Waals surface area contributed by atoms with Gasteiger partial charge < -0.3 is 5.32 Å². The number of carbonyl (C=O) groups excluding carboxylic acids is 1. The first kappa shape index (κ1) is 25.2. The van der Waals surface area contributed by atoms with Gasteiger partial charge in [0.15, 0.2) is 0 Å². The van der Waals surface area contributed by atoms with E-state index in [1.807, 2.05) is 32.0 Å². The summed E-state index contributed by atoms with van der Waals surface area (Å²) < 4.78 is 26.1. The third kappa shape index (κ3) is 7.86. The number of hydrogen-bond acceptors (Lipinski definition) is 4. The molecule has 0 unspecified atom stereocenters. The number of carbonyl (C=O) groups is 1. The molecule has 0 radical (unpaired) electrons. The van der Waals surface area contributed by atoms with E-state index in [9.17, 15) is 13.2 Å². The Morgan fingerprint density at radius 2 is 1.67 bits per heavy atom. The van der Waals surface area contributed by atoms with Gasteiger partial charge in [-0.2, -0.15) is 0 Å². The minimum absolute atomic E-state index is 0.0678. The largest absolute Gasteiger partial charge is 0.352 e. The van der Waals surface area contributed by atoms with E-state index in [4.69, 9.17) is 0 Å². The molecule has 1 fully saturated rings. The molecule has 0 bridgehead atoms. The molecule has 33 heavy (non-hydrogen) atoms. The van der Waals surface area contributed by atoms with E-state index in [2.05, 4.69) is 34.5 Å². The molecule has 0 saturated carbocycles. The van der Waals surface area contributed by atoms with Crippen molar-refractivity contribution >= 4 is 21.6 Å². The van der Waals surface area contributed by atoms with Gasteiger partial charge in [0.25, 0.3) is 0 Å². The average molecular weight is 472 g/mol. The van der Waals surface area contributed by atoms with E-state index in [0.29, 0.717) is 18.7 Å². The van der Waals surface area contributed by atoms with Crippen molar-refractivity contribution in [2.75, 3.05) is 30.2 Å². The van der Waals surface area contributed by atoms with Crippen molar-refractivity contribution in [3.8, 4) is 0 Å². The van der Waals surface area contributed by atoms with Crippen LogP contribution in [-0.2, 0) is 27.9 Å². The van der Waals surface area contributed by atoms with Crippen molar-refractivity contribution in [2.45, 2.75) is 59.0 Å². The zero-order valence-corrected chi connectivity index (χ0v) is 21.0. The number of amides is 1. The summed E-state index contributed by atoms with van der Waals surface area (Å²) >= 11 is 0. The van der Waals surface area contributed by atoms with Gasteiger partial charge >= 0.3 is 0 Å².